The summed E-state index contributed by atoms with van der Waals surface area (Å²) in [5.41, 5.74) is 0.460. The molecule has 0 atom stereocenters. The molecule has 18 heavy (non-hydrogen) atoms. The van der Waals surface area contributed by atoms with Gasteiger partial charge in [0.05, 0.1) is 25.9 Å². The van der Waals surface area contributed by atoms with Crippen molar-refractivity contribution < 1.29 is 4.79 Å². The largest absolute Gasteiger partial charge is 0.323 e. The second-order valence-corrected chi connectivity index (χ2v) is 6.89. The Balaban J connectivity index is 2.08. The summed E-state index contributed by atoms with van der Waals surface area (Å²) in [5, 5.41) is 3.59. The molecule has 1 N–H and O–H groups in total. The van der Waals surface area contributed by atoms with Crippen molar-refractivity contribution in [2.75, 3.05) is 5.32 Å². The topological polar surface area (TPSA) is 29.1 Å². The van der Waals surface area contributed by atoms with Crippen LogP contribution in [0.25, 0.3) is 0 Å². The number of hydrogen-bond acceptors (Lipinski definition) is 2. The van der Waals surface area contributed by atoms with E-state index in [1.807, 2.05) is 12.1 Å². The molecule has 0 unspecified atom stereocenters. The lowest BCUT2D eigenvalue weighted by atomic mass is 10.3. The van der Waals surface area contributed by atoms with Gasteiger partial charge in [0.1, 0.15) is 0 Å². The third kappa shape index (κ3) is 3.48. The molecule has 1 amide bonds. The summed E-state index contributed by atoms with van der Waals surface area (Å²) in [6, 6.07) is 8.92. The molecule has 1 aromatic carbocycles. The quantitative estimate of drug-likeness (QED) is 0.815. The van der Waals surface area contributed by atoms with E-state index in [-0.39, 0.29) is 5.91 Å². The Hall–Kier alpha value is -0.550. The number of para-hydroxylation sites is 1. The van der Waals surface area contributed by atoms with Gasteiger partial charge in [-0.1, -0.05) is 29.3 Å². The highest BCUT2D eigenvalue weighted by atomic mass is 79.9. The Labute approximate surface area is 127 Å². The Morgan fingerprint density at radius 2 is 1.89 bits per heavy atom. The van der Waals surface area contributed by atoms with Crippen LogP contribution < -0.4 is 5.32 Å². The summed E-state index contributed by atoms with van der Waals surface area (Å²) in [4.78, 5) is 12.8. The summed E-state index contributed by atoms with van der Waals surface area (Å²) in [5.74, 6) is -0.139. The first-order valence-electron chi connectivity index (χ1n) is 5.04. The van der Waals surface area contributed by atoms with E-state index >= 15 is 0 Å². The molecule has 6 heteroatoms. The van der Waals surface area contributed by atoms with E-state index in [1.165, 1.54) is 11.3 Å². The first-order chi connectivity index (χ1) is 8.56. The molecular weight excluding hydrogens is 357 g/mol. The van der Waals surface area contributed by atoms with Crippen molar-refractivity contribution in [1.29, 1.82) is 0 Å². The predicted octanol–water partition coefficient (Wildman–Crippen LogP) is 5.00. The van der Waals surface area contributed by atoms with Gasteiger partial charge in [-0.3, -0.25) is 4.79 Å². The highest BCUT2D eigenvalue weighted by Crippen LogP contribution is 2.30. The van der Waals surface area contributed by atoms with Crippen LogP contribution in [0, 0.1) is 0 Å². The van der Waals surface area contributed by atoms with Gasteiger partial charge in [-0.25, -0.2) is 0 Å². The molecule has 2 aromatic rings. The molecule has 0 saturated carbocycles. The molecule has 0 aliphatic heterocycles. The van der Waals surface area contributed by atoms with Crippen molar-refractivity contribution in [3.05, 3.63) is 49.0 Å². The Morgan fingerprint density at radius 1 is 1.22 bits per heavy atom. The van der Waals surface area contributed by atoms with Gasteiger partial charge in [0.2, 0.25) is 5.91 Å². The number of halogens is 3. The minimum Gasteiger partial charge on any atom is -0.323 e. The Bertz CT molecular complexity index is 565. The Kier molecular flexibility index (Phi) is 4.67. The molecule has 0 aliphatic carbocycles. The number of benzene rings is 1. The van der Waals surface area contributed by atoms with Gasteiger partial charge in [-0.2, -0.15) is 0 Å². The summed E-state index contributed by atoms with van der Waals surface area (Å²) in [6.45, 7) is 0. The van der Waals surface area contributed by atoms with Crippen LogP contribution in [0.1, 0.15) is 4.88 Å². The second-order valence-electron chi connectivity index (χ2n) is 3.53. The number of amides is 1. The van der Waals surface area contributed by atoms with Crippen LogP contribution in [0.3, 0.4) is 0 Å². The molecule has 1 heterocycles. The van der Waals surface area contributed by atoms with Crippen LogP contribution >= 0.6 is 50.5 Å². The number of anilines is 1. The summed E-state index contributed by atoms with van der Waals surface area (Å²) < 4.78 is 1.00. The van der Waals surface area contributed by atoms with Gasteiger partial charge in [-0.15, -0.1) is 11.3 Å². The predicted molar refractivity (Wildman–Crippen MR) is 80.8 cm³/mol. The maximum Gasteiger partial charge on any atom is 0.229 e. The molecule has 0 radical (unpaired) electrons. The minimum absolute atomic E-state index is 0.139. The van der Waals surface area contributed by atoms with Crippen molar-refractivity contribution in [2.24, 2.45) is 0 Å². The lowest BCUT2D eigenvalue weighted by Gasteiger charge is -2.08. The Morgan fingerprint density at radius 3 is 2.44 bits per heavy atom. The van der Waals surface area contributed by atoms with Gasteiger partial charge >= 0.3 is 0 Å². The third-order valence-electron chi connectivity index (χ3n) is 2.19. The third-order valence-corrected chi connectivity index (χ3v) is 4.44. The highest BCUT2D eigenvalue weighted by molar-refractivity contribution is 9.11. The fourth-order valence-corrected chi connectivity index (χ4v) is 3.38. The van der Waals surface area contributed by atoms with Gasteiger partial charge in [0.15, 0.2) is 0 Å². The molecule has 0 spiro atoms. The van der Waals surface area contributed by atoms with E-state index in [9.17, 15) is 4.79 Å². The van der Waals surface area contributed by atoms with Crippen LogP contribution in [-0.2, 0) is 11.2 Å². The summed E-state index contributed by atoms with van der Waals surface area (Å²) in [7, 11) is 0. The number of rotatable bonds is 3. The van der Waals surface area contributed by atoms with Crippen molar-refractivity contribution in [3.63, 3.8) is 0 Å². The van der Waals surface area contributed by atoms with E-state index in [0.717, 1.165) is 8.66 Å². The fraction of sp³-hybridized carbons (Fsp3) is 0.0833. The van der Waals surface area contributed by atoms with E-state index in [0.29, 0.717) is 22.2 Å². The lowest BCUT2D eigenvalue weighted by Crippen LogP contribution is -2.14. The zero-order valence-electron chi connectivity index (χ0n) is 9.04. The van der Waals surface area contributed by atoms with Crippen LogP contribution in [0.4, 0.5) is 5.69 Å². The number of nitrogens with one attached hydrogen (secondary N) is 1. The highest BCUT2D eigenvalue weighted by Gasteiger charge is 2.11. The van der Waals surface area contributed by atoms with Gasteiger partial charge < -0.3 is 5.32 Å². The van der Waals surface area contributed by atoms with Gasteiger partial charge in [-0.05, 0) is 40.2 Å². The molecule has 2 nitrogen and oxygen atoms in total. The van der Waals surface area contributed by atoms with Crippen molar-refractivity contribution in [3.8, 4) is 0 Å². The zero-order valence-corrected chi connectivity index (χ0v) is 13.0. The van der Waals surface area contributed by atoms with Crippen LogP contribution in [0.2, 0.25) is 10.0 Å². The molecule has 0 aliphatic rings. The standard InChI is InChI=1S/C12H8BrCl2NOS/c13-10-5-4-7(18-10)6-11(17)16-12-8(14)2-1-3-9(12)15/h1-5H,6H2,(H,16,17). The van der Waals surface area contributed by atoms with Crippen molar-refractivity contribution in [1.82, 2.24) is 0 Å². The molecule has 0 bridgehead atoms. The number of hydrogen-bond donors (Lipinski definition) is 1. The maximum absolute atomic E-state index is 11.9. The molecule has 0 saturated heterocycles. The average molecular weight is 365 g/mol. The lowest BCUT2D eigenvalue weighted by molar-refractivity contribution is -0.115. The number of thiophene rings is 1. The van der Waals surface area contributed by atoms with Crippen molar-refractivity contribution >= 4 is 62.1 Å². The normalized spacial score (nSPS) is 10.4. The summed E-state index contributed by atoms with van der Waals surface area (Å²) in [6.07, 6.45) is 0.303. The maximum atomic E-state index is 11.9. The van der Waals surface area contributed by atoms with Crippen LogP contribution in [-0.4, -0.2) is 5.91 Å². The first kappa shape index (κ1) is 13.9. The molecule has 94 valence electrons. The van der Waals surface area contributed by atoms with E-state index in [1.54, 1.807) is 18.2 Å². The molecular formula is C12H8BrCl2NOS. The van der Waals surface area contributed by atoms with E-state index < -0.39 is 0 Å². The average Bonchev–Trinajstić information content (AvgIpc) is 2.69. The van der Waals surface area contributed by atoms with Gasteiger partial charge in [0.25, 0.3) is 0 Å². The smallest absolute Gasteiger partial charge is 0.229 e. The summed E-state index contributed by atoms with van der Waals surface area (Å²) >= 11 is 16.8. The van der Waals surface area contributed by atoms with Crippen LogP contribution in [0.5, 0.6) is 0 Å². The monoisotopic (exact) mass is 363 g/mol. The molecule has 1 aromatic heterocycles. The van der Waals surface area contributed by atoms with Crippen LogP contribution in [0.15, 0.2) is 34.1 Å². The van der Waals surface area contributed by atoms with E-state index in [4.69, 9.17) is 23.2 Å². The number of carbonyl (C=O) groups is 1. The fourth-order valence-electron chi connectivity index (χ4n) is 1.41. The minimum atomic E-state index is -0.139. The first-order valence-corrected chi connectivity index (χ1v) is 7.41. The number of carbonyl (C=O) groups excluding carboxylic acids is 1. The van der Waals surface area contributed by atoms with E-state index in [2.05, 4.69) is 21.2 Å². The molecule has 0 fully saturated rings. The van der Waals surface area contributed by atoms with Crippen molar-refractivity contribution in [2.45, 2.75) is 6.42 Å². The molecule has 2 rings (SSSR count). The second kappa shape index (κ2) is 6.06. The zero-order chi connectivity index (χ0) is 13.1. The SMILES string of the molecule is O=C(Cc1ccc(Br)s1)Nc1c(Cl)cccc1Cl. The van der Waals surface area contributed by atoms with Gasteiger partial charge in [0, 0.05) is 4.88 Å².